The lowest BCUT2D eigenvalue weighted by Crippen LogP contribution is -2.33. The standard InChI is InChI=1S/C19H28NOP/c1-18(2,3)22(19(4,5)6)17-13-10-14-20(17)15-11-8-9-12-16(15)21-7/h8-14H,1-7H3/p+1. The van der Waals surface area contributed by atoms with Crippen molar-refractivity contribution in [1.29, 1.82) is 0 Å². The van der Waals surface area contributed by atoms with Gasteiger partial charge in [-0.1, -0.05) is 12.1 Å². The van der Waals surface area contributed by atoms with E-state index in [4.69, 9.17) is 4.74 Å². The highest BCUT2D eigenvalue weighted by Gasteiger charge is 2.45. The van der Waals surface area contributed by atoms with Crippen molar-refractivity contribution in [1.82, 2.24) is 4.57 Å². The highest BCUT2D eigenvalue weighted by molar-refractivity contribution is 7.68. The van der Waals surface area contributed by atoms with Crippen molar-refractivity contribution in [2.45, 2.75) is 51.9 Å². The first kappa shape index (κ1) is 17.1. The van der Waals surface area contributed by atoms with E-state index < -0.39 is 7.92 Å². The average Bonchev–Trinajstić information content (AvgIpc) is 2.83. The molecule has 22 heavy (non-hydrogen) atoms. The maximum Gasteiger partial charge on any atom is 0.166 e. The molecule has 2 aromatic rings. The molecule has 0 saturated carbocycles. The predicted octanol–water partition coefficient (Wildman–Crippen LogP) is 4.92. The molecule has 0 bridgehead atoms. The van der Waals surface area contributed by atoms with E-state index in [9.17, 15) is 0 Å². The Bertz CT molecular complexity index is 617. The fourth-order valence-electron chi connectivity index (χ4n) is 3.52. The number of aromatic nitrogens is 1. The molecule has 0 aliphatic rings. The molecular formula is C19H29NOP+. The molecule has 0 aliphatic heterocycles. The monoisotopic (exact) mass is 318 g/mol. The van der Waals surface area contributed by atoms with Crippen molar-refractivity contribution >= 4 is 13.4 Å². The number of rotatable bonds is 3. The number of para-hydroxylation sites is 2. The van der Waals surface area contributed by atoms with Crippen molar-refractivity contribution in [2.24, 2.45) is 0 Å². The third-order valence-electron chi connectivity index (χ3n) is 3.85. The van der Waals surface area contributed by atoms with E-state index >= 15 is 0 Å². The second-order valence-corrected chi connectivity index (χ2v) is 12.1. The van der Waals surface area contributed by atoms with E-state index in [0.717, 1.165) is 11.4 Å². The van der Waals surface area contributed by atoms with Gasteiger partial charge in [0.15, 0.2) is 5.44 Å². The summed E-state index contributed by atoms with van der Waals surface area (Å²) in [6.07, 6.45) is 2.16. The first-order chi connectivity index (χ1) is 10.2. The number of methoxy groups -OCH3 is 1. The van der Waals surface area contributed by atoms with Crippen LogP contribution >= 0.6 is 7.92 Å². The summed E-state index contributed by atoms with van der Waals surface area (Å²) in [6.45, 7) is 14.2. The highest BCUT2D eigenvalue weighted by atomic mass is 31.1. The molecule has 0 amide bonds. The van der Waals surface area contributed by atoms with Crippen LogP contribution in [0.5, 0.6) is 5.75 Å². The molecule has 2 rings (SSSR count). The number of ether oxygens (including phenoxy) is 1. The molecule has 0 N–H and O–H groups in total. The zero-order valence-corrected chi connectivity index (χ0v) is 15.9. The maximum atomic E-state index is 5.57. The second kappa shape index (κ2) is 6.08. The van der Waals surface area contributed by atoms with Crippen LogP contribution in [0.15, 0.2) is 42.6 Å². The fraction of sp³-hybridized carbons (Fsp3) is 0.474. The molecular weight excluding hydrogens is 289 g/mol. The molecule has 0 atom stereocenters. The molecule has 1 heterocycles. The van der Waals surface area contributed by atoms with Gasteiger partial charge in [-0.25, -0.2) is 0 Å². The molecule has 2 nitrogen and oxygen atoms in total. The number of nitrogens with zero attached hydrogens (tertiary/aromatic N) is 1. The van der Waals surface area contributed by atoms with E-state index in [0.29, 0.717) is 0 Å². The van der Waals surface area contributed by atoms with Crippen molar-refractivity contribution in [3.05, 3.63) is 42.6 Å². The lowest BCUT2D eigenvalue weighted by atomic mass is 10.2. The molecule has 0 aliphatic carbocycles. The smallest absolute Gasteiger partial charge is 0.166 e. The predicted molar refractivity (Wildman–Crippen MR) is 99.8 cm³/mol. The van der Waals surface area contributed by atoms with E-state index in [1.165, 1.54) is 5.44 Å². The lowest BCUT2D eigenvalue weighted by molar-refractivity contribution is 0.413. The van der Waals surface area contributed by atoms with Crippen molar-refractivity contribution in [3.8, 4) is 11.4 Å². The van der Waals surface area contributed by atoms with Gasteiger partial charge in [-0.3, -0.25) is 4.57 Å². The van der Waals surface area contributed by atoms with Gasteiger partial charge in [0, 0.05) is 6.20 Å². The van der Waals surface area contributed by atoms with Gasteiger partial charge in [0.1, 0.15) is 5.75 Å². The molecule has 1 aromatic carbocycles. The summed E-state index contributed by atoms with van der Waals surface area (Å²) >= 11 is 0. The topological polar surface area (TPSA) is 14.2 Å². The Morgan fingerprint density at radius 3 is 2.00 bits per heavy atom. The van der Waals surface area contributed by atoms with Crippen molar-refractivity contribution in [3.63, 3.8) is 0 Å². The van der Waals surface area contributed by atoms with Crippen LogP contribution in [0.2, 0.25) is 0 Å². The third kappa shape index (κ3) is 3.38. The Labute approximate surface area is 136 Å². The van der Waals surface area contributed by atoms with Crippen LogP contribution in [0.4, 0.5) is 0 Å². The van der Waals surface area contributed by atoms with E-state index in [1.807, 2.05) is 12.1 Å². The molecule has 120 valence electrons. The Morgan fingerprint density at radius 2 is 1.45 bits per heavy atom. The van der Waals surface area contributed by atoms with Crippen LogP contribution in [0.25, 0.3) is 5.69 Å². The average molecular weight is 318 g/mol. The van der Waals surface area contributed by atoms with Gasteiger partial charge in [0.2, 0.25) is 0 Å². The first-order valence-corrected chi connectivity index (χ1v) is 9.35. The second-order valence-electron chi connectivity index (χ2n) is 7.81. The largest absolute Gasteiger partial charge is 0.495 e. The molecule has 1 aromatic heterocycles. The highest BCUT2D eigenvalue weighted by Crippen LogP contribution is 2.58. The van der Waals surface area contributed by atoms with Gasteiger partial charge in [-0.2, -0.15) is 0 Å². The summed E-state index contributed by atoms with van der Waals surface area (Å²) in [5.74, 6) is 0.920. The minimum Gasteiger partial charge on any atom is -0.495 e. The van der Waals surface area contributed by atoms with E-state index in [-0.39, 0.29) is 10.3 Å². The third-order valence-corrected chi connectivity index (χ3v) is 7.77. The van der Waals surface area contributed by atoms with E-state index in [2.05, 4.69) is 76.6 Å². The number of hydrogen-bond acceptors (Lipinski definition) is 1. The molecule has 0 fully saturated rings. The zero-order valence-electron chi connectivity index (χ0n) is 14.9. The summed E-state index contributed by atoms with van der Waals surface area (Å²) in [6, 6.07) is 12.7. The number of hydrogen-bond donors (Lipinski definition) is 0. The van der Waals surface area contributed by atoms with Crippen LogP contribution in [0.1, 0.15) is 41.5 Å². The van der Waals surface area contributed by atoms with Crippen LogP contribution in [0.3, 0.4) is 0 Å². The van der Waals surface area contributed by atoms with Crippen LogP contribution in [-0.4, -0.2) is 22.0 Å². The Balaban J connectivity index is 2.62. The van der Waals surface area contributed by atoms with Crippen molar-refractivity contribution < 1.29 is 4.74 Å². The summed E-state index contributed by atoms with van der Waals surface area (Å²) < 4.78 is 7.89. The van der Waals surface area contributed by atoms with Crippen LogP contribution in [0, 0.1) is 0 Å². The SMILES string of the molecule is COc1ccccc1-n1cccc1[PH+](C(C)(C)C)C(C)(C)C. The number of benzene rings is 1. The zero-order chi connectivity index (χ0) is 16.5. The van der Waals surface area contributed by atoms with Gasteiger partial charge >= 0.3 is 0 Å². The summed E-state index contributed by atoms with van der Waals surface area (Å²) in [5.41, 5.74) is 2.57. The Hall–Kier alpha value is -1.27. The molecule has 0 unspecified atom stereocenters. The summed E-state index contributed by atoms with van der Waals surface area (Å²) in [7, 11) is 0.933. The summed E-state index contributed by atoms with van der Waals surface area (Å²) in [5, 5.41) is 0.558. The molecule has 0 radical (unpaired) electrons. The Morgan fingerprint density at radius 1 is 0.864 bits per heavy atom. The fourth-order valence-corrected chi connectivity index (χ4v) is 8.00. The molecule has 3 heteroatoms. The van der Waals surface area contributed by atoms with Gasteiger partial charge < -0.3 is 4.74 Å². The maximum absolute atomic E-state index is 5.57. The quantitative estimate of drug-likeness (QED) is 0.733. The van der Waals surface area contributed by atoms with Gasteiger partial charge in [-0.05, 0) is 65.8 Å². The van der Waals surface area contributed by atoms with Crippen LogP contribution in [-0.2, 0) is 0 Å². The van der Waals surface area contributed by atoms with E-state index in [1.54, 1.807) is 7.11 Å². The minimum atomic E-state index is -0.804. The normalized spacial score (nSPS) is 12.7. The van der Waals surface area contributed by atoms with Gasteiger partial charge in [0.05, 0.1) is 31.0 Å². The minimum absolute atomic E-state index is 0.279. The van der Waals surface area contributed by atoms with Crippen molar-refractivity contribution in [2.75, 3.05) is 7.11 Å². The first-order valence-electron chi connectivity index (χ1n) is 7.85. The molecule has 0 saturated heterocycles. The Kier molecular flexibility index (Phi) is 4.73. The van der Waals surface area contributed by atoms with Crippen LogP contribution < -0.4 is 10.2 Å². The lowest BCUT2D eigenvalue weighted by Gasteiger charge is -2.34. The van der Waals surface area contributed by atoms with Gasteiger partial charge in [0.25, 0.3) is 0 Å². The summed E-state index contributed by atoms with van der Waals surface area (Å²) in [4.78, 5) is 0. The molecule has 0 spiro atoms. The van der Waals surface area contributed by atoms with Gasteiger partial charge in [-0.15, -0.1) is 0 Å².